The molecule has 0 aliphatic heterocycles. The lowest BCUT2D eigenvalue weighted by molar-refractivity contribution is 0.617. The van der Waals surface area contributed by atoms with Gasteiger partial charge in [-0.3, -0.25) is 0 Å². The first-order chi connectivity index (χ1) is 13.4. The van der Waals surface area contributed by atoms with E-state index >= 15 is 0 Å². The van der Waals surface area contributed by atoms with Crippen LogP contribution < -0.4 is 0 Å². The lowest BCUT2D eigenvalue weighted by atomic mass is 9.79. The molecule has 0 saturated carbocycles. The predicted molar refractivity (Wildman–Crippen MR) is 130 cm³/mol. The highest BCUT2D eigenvalue weighted by molar-refractivity contribution is 14.1. The van der Waals surface area contributed by atoms with Crippen LogP contribution in [0.5, 0.6) is 0 Å². The molecule has 0 amide bonds. The molecule has 3 aromatic rings. The summed E-state index contributed by atoms with van der Waals surface area (Å²) in [5, 5.41) is 3.41. The van der Waals surface area contributed by atoms with E-state index in [1.54, 1.807) is 16.9 Å². The van der Waals surface area contributed by atoms with Gasteiger partial charge in [0.1, 0.15) is 5.01 Å². The zero-order valence-corrected chi connectivity index (χ0v) is 20.2. The summed E-state index contributed by atoms with van der Waals surface area (Å²) in [7, 11) is 0. The van der Waals surface area contributed by atoms with Crippen LogP contribution in [-0.4, -0.2) is 4.98 Å². The molecule has 4 rings (SSSR count). The van der Waals surface area contributed by atoms with Gasteiger partial charge >= 0.3 is 0 Å². The Bertz CT molecular complexity index is 1020. The number of nitrogens with zero attached hydrogens (tertiary/aromatic N) is 1. The van der Waals surface area contributed by atoms with Crippen LogP contribution in [0.1, 0.15) is 66.6 Å². The van der Waals surface area contributed by atoms with Gasteiger partial charge in [0, 0.05) is 19.9 Å². The molecule has 1 aromatic heterocycles. The summed E-state index contributed by atoms with van der Waals surface area (Å²) in [6, 6.07) is 11.7. The summed E-state index contributed by atoms with van der Waals surface area (Å²) in [6.07, 6.45) is 6.45. The summed E-state index contributed by atoms with van der Waals surface area (Å²) in [5.41, 5.74) is 9.51. The zero-order chi connectivity index (χ0) is 19.9. The number of rotatable bonds is 3. The van der Waals surface area contributed by atoms with Gasteiger partial charge in [0.2, 0.25) is 0 Å². The van der Waals surface area contributed by atoms with Crippen LogP contribution in [0, 0.1) is 17.4 Å². The summed E-state index contributed by atoms with van der Waals surface area (Å²) in [4.78, 5) is 5.11. The number of thiazole rings is 1. The van der Waals surface area contributed by atoms with Crippen molar-refractivity contribution < 1.29 is 0 Å². The van der Waals surface area contributed by atoms with Crippen molar-refractivity contribution in [2.75, 3.05) is 0 Å². The van der Waals surface area contributed by atoms with Gasteiger partial charge in [-0.2, -0.15) is 0 Å². The first kappa shape index (κ1) is 20.1. The summed E-state index contributed by atoms with van der Waals surface area (Å²) in [6.45, 7) is 9.02. The zero-order valence-electron chi connectivity index (χ0n) is 17.2. The molecule has 1 heterocycles. The van der Waals surface area contributed by atoms with E-state index in [1.807, 2.05) is 0 Å². The van der Waals surface area contributed by atoms with Crippen LogP contribution in [-0.2, 0) is 18.3 Å². The number of halogens is 1. The SMILES string of the molecule is Cc1cc(C(C)(C)c2csc(-c3ccc4c(c3)CCCCC4)n2)c(C)cc1I. The second-order valence-corrected chi connectivity index (χ2v) is 10.6. The molecule has 28 heavy (non-hydrogen) atoms. The maximum atomic E-state index is 5.11. The molecule has 0 spiro atoms. The molecule has 0 radical (unpaired) electrons. The molecule has 2 aromatic carbocycles. The smallest absolute Gasteiger partial charge is 0.123 e. The fourth-order valence-electron chi connectivity index (χ4n) is 4.33. The standard InChI is InChI=1S/C25H28INS/c1-16-13-22(26)17(2)12-21(16)25(3,4)23-15-28-24(27-23)20-11-10-18-8-6-5-7-9-19(18)14-20/h10-15H,5-9H2,1-4H3. The van der Waals surface area contributed by atoms with Crippen LogP contribution >= 0.6 is 33.9 Å². The number of benzene rings is 2. The third kappa shape index (κ3) is 3.80. The van der Waals surface area contributed by atoms with Gasteiger partial charge in [0.15, 0.2) is 0 Å². The van der Waals surface area contributed by atoms with E-state index in [-0.39, 0.29) is 5.41 Å². The van der Waals surface area contributed by atoms with Gasteiger partial charge in [0.25, 0.3) is 0 Å². The van der Waals surface area contributed by atoms with E-state index in [2.05, 4.69) is 86.0 Å². The summed E-state index contributed by atoms with van der Waals surface area (Å²) in [5.74, 6) is 0. The molecule has 0 bridgehead atoms. The fourth-order valence-corrected chi connectivity index (χ4v) is 5.94. The topological polar surface area (TPSA) is 12.9 Å². The lowest BCUT2D eigenvalue weighted by Gasteiger charge is -2.26. The molecule has 1 aliphatic carbocycles. The molecular formula is C25H28INS. The quantitative estimate of drug-likeness (QED) is 0.266. The highest BCUT2D eigenvalue weighted by Gasteiger charge is 2.28. The van der Waals surface area contributed by atoms with Crippen molar-refractivity contribution in [3.05, 3.63) is 72.8 Å². The molecular weight excluding hydrogens is 473 g/mol. The van der Waals surface area contributed by atoms with Crippen LogP contribution in [0.25, 0.3) is 10.6 Å². The van der Waals surface area contributed by atoms with E-state index < -0.39 is 0 Å². The minimum Gasteiger partial charge on any atom is -0.240 e. The Morgan fingerprint density at radius 3 is 2.46 bits per heavy atom. The van der Waals surface area contributed by atoms with Crippen molar-refractivity contribution in [2.45, 2.75) is 65.2 Å². The largest absolute Gasteiger partial charge is 0.240 e. The Hall–Kier alpha value is -1.20. The van der Waals surface area contributed by atoms with Crippen molar-refractivity contribution in [1.82, 2.24) is 4.98 Å². The van der Waals surface area contributed by atoms with Gasteiger partial charge in [0.05, 0.1) is 5.69 Å². The monoisotopic (exact) mass is 501 g/mol. The fraction of sp³-hybridized carbons (Fsp3) is 0.400. The number of fused-ring (bicyclic) bond motifs is 1. The third-order valence-corrected chi connectivity index (χ3v) is 8.22. The number of aryl methyl sites for hydroxylation is 4. The second-order valence-electron chi connectivity index (χ2n) is 8.62. The van der Waals surface area contributed by atoms with Crippen molar-refractivity contribution in [3.63, 3.8) is 0 Å². The molecule has 0 unspecified atom stereocenters. The van der Waals surface area contributed by atoms with Crippen molar-refractivity contribution >= 4 is 33.9 Å². The maximum absolute atomic E-state index is 5.11. The Balaban J connectivity index is 1.69. The Morgan fingerprint density at radius 2 is 1.68 bits per heavy atom. The molecule has 0 atom stereocenters. The van der Waals surface area contributed by atoms with E-state index in [1.165, 1.54) is 69.2 Å². The first-order valence-electron chi connectivity index (χ1n) is 10.2. The highest BCUT2D eigenvalue weighted by Crippen LogP contribution is 2.38. The summed E-state index contributed by atoms with van der Waals surface area (Å²) >= 11 is 4.21. The minimum atomic E-state index is -0.0976. The van der Waals surface area contributed by atoms with Gasteiger partial charge in [-0.15, -0.1) is 11.3 Å². The molecule has 146 valence electrons. The van der Waals surface area contributed by atoms with Crippen molar-refractivity contribution in [1.29, 1.82) is 0 Å². The van der Waals surface area contributed by atoms with Gasteiger partial charge < -0.3 is 0 Å². The number of hydrogen-bond donors (Lipinski definition) is 0. The van der Waals surface area contributed by atoms with E-state index in [0.717, 1.165) is 5.01 Å². The van der Waals surface area contributed by atoms with Gasteiger partial charge in [-0.1, -0.05) is 38.5 Å². The normalized spacial score (nSPS) is 14.6. The molecule has 0 N–H and O–H groups in total. The first-order valence-corrected chi connectivity index (χ1v) is 12.2. The molecule has 0 saturated heterocycles. The van der Waals surface area contributed by atoms with Crippen LogP contribution in [0.3, 0.4) is 0 Å². The Labute approximate surface area is 186 Å². The molecule has 0 fully saturated rings. The predicted octanol–water partition coefficient (Wildman–Crippen LogP) is 7.63. The average Bonchev–Trinajstić information content (AvgIpc) is 3.05. The Morgan fingerprint density at radius 1 is 0.929 bits per heavy atom. The maximum Gasteiger partial charge on any atom is 0.123 e. The minimum absolute atomic E-state index is 0.0976. The molecule has 1 aliphatic rings. The molecule has 1 nitrogen and oxygen atoms in total. The second kappa shape index (κ2) is 7.91. The number of hydrogen-bond acceptors (Lipinski definition) is 2. The Kier molecular flexibility index (Phi) is 5.67. The van der Waals surface area contributed by atoms with E-state index in [9.17, 15) is 0 Å². The molecule has 3 heteroatoms. The van der Waals surface area contributed by atoms with Crippen LogP contribution in [0.4, 0.5) is 0 Å². The van der Waals surface area contributed by atoms with Crippen molar-refractivity contribution in [2.24, 2.45) is 0 Å². The van der Waals surface area contributed by atoms with Crippen LogP contribution in [0.15, 0.2) is 35.7 Å². The van der Waals surface area contributed by atoms with Gasteiger partial charge in [-0.05, 0) is 102 Å². The van der Waals surface area contributed by atoms with Crippen molar-refractivity contribution in [3.8, 4) is 10.6 Å². The van der Waals surface area contributed by atoms with Gasteiger partial charge in [-0.25, -0.2) is 4.98 Å². The van der Waals surface area contributed by atoms with E-state index in [4.69, 9.17) is 4.98 Å². The van der Waals surface area contributed by atoms with Crippen LogP contribution in [0.2, 0.25) is 0 Å². The average molecular weight is 501 g/mol. The van der Waals surface area contributed by atoms with E-state index in [0.29, 0.717) is 0 Å². The third-order valence-electron chi connectivity index (χ3n) is 6.17. The lowest BCUT2D eigenvalue weighted by Crippen LogP contribution is -2.21. The number of aromatic nitrogens is 1. The summed E-state index contributed by atoms with van der Waals surface area (Å²) < 4.78 is 1.33. The highest BCUT2D eigenvalue weighted by atomic mass is 127.